The minimum absolute atomic E-state index is 0.165. The molecule has 1 rings (SSSR count). The van der Waals surface area contributed by atoms with Gasteiger partial charge in [0.25, 0.3) is 5.91 Å². The number of carbonyl (C=O) groups is 1. The van der Waals surface area contributed by atoms with E-state index in [0.717, 1.165) is 18.5 Å². The van der Waals surface area contributed by atoms with Gasteiger partial charge in [0.2, 0.25) is 0 Å². The molecule has 0 saturated heterocycles. The van der Waals surface area contributed by atoms with Crippen molar-refractivity contribution < 1.29 is 4.79 Å². The molecule has 0 saturated carbocycles. The van der Waals surface area contributed by atoms with Crippen molar-refractivity contribution in [1.29, 1.82) is 0 Å². The van der Waals surface area contributed by atoms with Gasteiger partial charge >= 0.3 is 0 Å². The molecule has 0 aromatic carbocycles. The van der Waals surface area contributed by atoms with Crippen LogP contribution in [-0.4, -0.2) is 21.9 Å². The number of carbonyl (C=O) groups excluding carboxylic acids is 1. The molecule has 4 nitrogen and oxygen atoms in total. The molecule has 0 radical (unpaired) electrons. The molecule has 0 aliphatic carbocycles. The Kier molecular flexibility index (Phi) is 5.03. The quantitative estimate of drug-likeness (QED) is 0.780. The number of nitrogens with zero attached hydrogens (tertiary/aromatic N) is 1. The zero-order valence-electron chi connectivity index (χ0n) is 10.1. The summed E-state index contributed by atoms with van der Waals surface area (Å²) in [6.45, 7) is 3.86. The number of thiocarbonyl (C=S) groups is 1. The molecule has 5 heteroatoms. The maximum absolute atomic E-state index is 11.9. The molecule has 92 valence electrons. The highest BCUT2D eigenvalue weighted by atomic mass is 32.1. The number of pyridine rings is 1. The van der Waals surface area contributed by atoms with Crippen LogP contribution >= 0.6 is 12.2 Å². The van der Waals surface area contributed by atoms with Crippen molar-refractivity contribution in [2.75, 3.05) is 0 Å². The fourth-order valence-corrected chi connectivity index (χ4v) is 1.68. The SMILES string of the molecule is CCCC(NC(=O)c1ccnc(C)c1)C(N)=S. The zero-order valence-corrected chi connectivity index (χ0v) is 10.9. The molecule has 0 aliphatic heterocycles. The smallest absolute Gasteiger partial charge is 0.251 e. The molecule has 17 heavy (non-hydrogen) atoms. The van der Waals surface area contributed by atoms with Crippen LogP contribution in [0.1, 0.15) is 35.8 Å². The third-order valence-corrected chi connectivity index (χ3v) is 2.67. The number of rotatable bonds is 5. The summed E-state index contributed by atoms with van der Waals surface area (Å²) in [5.74, 6) is -0.165. The Morgan fingerprint density at radius 2 is 2.35 bits per heavy atom. The fourth-order valence-electron chi connectivity index (χ4n) is 1.50. The van der Waals surface area contributed by atoms with Gasteiger partial charge in [0.1, 0.15) is 0 Å². The summed E-state index contributed by atoms with van der Waals surface area (Å²) >= 11 is 4.93. The van der Waals surface area contributed by atoms with Crippen LogP contribution in [0.25, 0.3) is 0 Å². The molecule has 0 fully saturated rings. The van der Waals surface area contributed by atoms with Crippen molar-refractivity contribution in [2.45, 2.75) is 32.7 Å². The molecular weight excluding hydrogens is 234 g/mol. The maximum Gasteiger partial charge on any atom is 0.251 e. The van der Waals surface area contributed by atoms with E-state index in [1.165, 1.54) is 0 Å². The van der Waals surface area contributed by atoms with E-state index in [1.54, 1.807) is 18.3 Å². The summed E-state index contributed by atoms with van der Waals surface area (Å²) in [4.78, 5) is 16.3. The normalized spacial score (nSPS) is 11.9. The van der Waals surface area contributed by atoms with Gasteiger partial charge in [-0.15, -0.1) is 0 Å². The predicted molar refractivity (Wildman–Crippen MR) is 71.9 cm³/mol. The number of aromatic nitrogens is 1. The first-order valence-corrected chi connectivity index (χ1v) is 5.98. The van der Waals surface area contributed by atoms with Gasteiger partial charge in [-0.25, -0.2) is 0 Å². The number of hydrogen-bond donors (Lipinski definition) is 2. The van der Waals surface area contributed by atoms with Crippen LogP contribution in [0.3, 0.4) is 0 Å². The lowest BCUT2D eigenvalue weighted by atomic mass is 10.1. The molecular formula is C12H17N3OS. The first-order valence-electron chi connectivity index (χ1n) is 5.57. The highest BCUT2D eigenvalue weighted by Crippen LogP contribution is 2.03. The lowest BCUT2D eigenvalue weighted by Gasteiger charge is -2.16. The average molecular weight is 251 g/mol. The molecule has 1 amide bonds. The van der Waals surface area contributed by atoms with E-state index >= 15 is 0 Å². The number of hydrogen-bond acceptors (Lipinski definition) is 3. The summed E-state index contributed by atoms with van der Waals surface area (Å²) in [7, 11) is 0. The largest absolute Gasteiger partial charge is 0.392 e. The van der Waals surface area contributed by atoms with Gasteiger partial charge in [0.05, 0.1) is 11.0 Å². The molecule has 0 spiro atoms. The highest BCUT2D eigenvalue weighted by Gasteiger charge is 2.15. The van der Waals surface area contributed by atoms with Gasteiger partial charge in [-0.2, -0.15) is 0 Å². The lowest BCUT2D eigenvalue weighted by molar-refractivity contribution is 0.0945. The van der Waals surface area contributed by atoms with Crippen molar-refractivity contribution in [1.82, 2.24) is 10.3 Å². The van der Waals surface area contributed by atoms with Crippen molar-refractivity contribution in [3.8, 4) is 0 Å². The minimum Gasteiger partial charge on any atom is -0.392 e. The zero-order chi connectivity index (χ0) is 12.8. The maximum atomic E-state index is 11.9. The third kappa shape index (κ3) is 4.11. The Morgan fingerprint density at radius 3 is 2.88 bits per heavy atom. The van der Waals surface area contributed by atoms with Crippen molar-refractivity contribution in [3.63, 3.8) is 0 Å². The summed E-state index contributed by atoms with van der Waals surface area (Å²) in [5.41, 5.74) is 6.97. The highest BCUT2D eigenvalue weighted by molar-refractivity contribution is 7.80. The topological polar surface area (TPSA) is 68.0 Å². The predicted octanol–water partition coefficient (Wildman–Crippen LogP) is 1.57. The summed E-state index contributed by atoms with van der Waals surface area (Å²) < 4.78 is 0. The minimum atomic E-state index is -0.240. The second-order valence-electron chi connectivity index (χ2n) is 3.90. The van der Waals surface area contributed by atoms with Crippen LogP contribution in [0.5, 0.6) is 0 Å². The molecule has 1 unspecified atom stereocenters. The Balaban J connectivity index is 2.73. The van der Waals surface area contributed by atoms with E-state index in [9.17, 15) is 4.79 Å². The van der Waals surface area contributed by atoms with Gasteiger partial charge in [0, 0.05) is 17.5 Å². The molecule has 1 aromatic heterocycles. The molecule has 0 bridgehead atoms. The van der Waals surface area contributed by atoms with Crippen molar-refractivity contribution >= 4 is 23.1 Å². The standard InChI is InChI=1S/C12H17N3OS/c1-3-4-10(11(13)17)15-12(16)9-5-6-14-8(2)7-9/h5-7,10H,3-4H2,1-2H3,(H2,13,17)(H,15,16). The van der Waals surface area contributed by atoms with Crippen LogP contribution in [0, 0.1) is 6.92 Å². The Hall–Kier alpha value is -1.49. The second-order valence-corrected chi connectivity index (χ2v) is 4.37. The first kappa shape index (κ1) is 13.6. The number of aryl methyl sites for hydroxylation is 1. The van der Waals surface area contributed by atoms with E-state index in [1.807, 2.05) is 13.8 Å². The summed E-state index contributed by atoms with van der Waals surface area (Å²) in [6.07, 6.45) is 3.28. The molecule has 1 aromatic rings. The van der Waals surface area contributed by atoms with Gasteiger partial charge in [0.15, 0.2) is 0 Å². The number of amides is 1. The van der Waals surface area contributed by atoms with E-state index < -0.39 is 0 Å². The molecule has 1 heterocycles. The summed E-state index contributed by atoms with van der Waals surface area (Å²) in [5, 5.41) is 2.83. The van der Waals surface area contributed by atoms with E-state index in [-0.39, 0.29) is 11.9 Å². The fraction of sp³-hybridized carbons (Fsp3) is 0.417. The lowest BCUT2D eigenvalue weighted by Crippen LogP contribution is -2.43. The Labute approximate surface area is 107 Å². The molecule has 3 N–H and O–H groups in total. The van der Waals surface area contributed by atoms with E-state index in [2.05, 4.69) is 10.3 Å². The number of nitrogens with one attached hydrogen (secondary N) is 1. The van der Waals surface area contributed by atoms with Crippen LogP contribution < -0.4 is 11.1 Å². The Morgan fingerprint density at radius 1 is 1.65 bits per heavy atom. The molecule has 1 atom stereocenters. The molecule has 0 aliphatic rings. The van der Waals surface area contributed by atoms with Crippen LogP contribution in [0.4, 0.5) is 0 Å². The van der Waals surface area contributed by atoms with Crippen LogP contribution in [-0.2, 0) is 0 Å². The van der Waals surface area contributed by atoms with Gasteiger partial charge in [-0.05, 0) is 25.5 Å². The Bertz CT molecular complexity index is 420. The van der Waals surface area contributed by atoms with Crippen molar-refractivity contribution in [2.24, 2.45) is 5.73 Å². The average Bonchev–Trinajstić information content (AvgIpc) is 2.28. The third-order valence-electron chi connectivity index (χ3n) is 2.38. The van der Waals surface area contributed by atoms with E-state index in [4.69, 9.17) is 18.0 Å². The first-order chi connectivity index (χ1) is 8.04. The van der Waals surface area contributed by atoms with Gasteiger partial charge in [-0.3, -0.25) is 9.78 Å². The van der Waals surface area contributed by atoms with Gasteiger partial charge in [-0.1, -0.05) is 25.6 Å². The van der Waals surface area contributed by atoms with Crippen LogP contribution in [0.15, 0.2) is 18.3 Å². The van der Waals surface area contributed by atoms with Gasteiger partial charge < -0.3 is 11.1 Å². The van der Waals surface area contributed by atoms with Crippen LogP contribution in [0.2, 0.25) is 0 Å². The second kappa shape index (κ2) is 6.30. The summed E-state index contributed by atoms with van der Waals surface area (Å²) in [6, 6.07) is 3.17. The van der Waals surface area contributed by atoms with Crippen molar-refractivity contribution in [3.05, 3.63) is 29.6 Å². The van der Waals surface area contributed by atoms with E-state index in [0.29, 0.717) is 10.6 Å². The number of nitrogens with two attached hydrogens (primary N) is 1. The monoisotopic (exact) mass is 251 g/mol.